The monoisotopic (exact) mass is 588 g/mol. The van der Waals surface area contributed by atoms with E-state index < -0.39 is 26.1 Å². The smallest absolute Gasteiger partial charge is 0.434 e. The normalized spacial score (nSPS) is 11.9. The van der Waals surface area contributed by atoms with Gasteiger partial charge in [-0.15, -0.1) is 11.8 Å². The molecule has 0 unspecified atom stereocenters. The Labute approximate surface area is 238 Å². The minimum absolute atomic E-state index is 0.000342. The molecule has 2 aromatic rings. The quantitative estimate of drug-likeness (QED) is 0.205. The predicted molar refractivity (Wildman–Crippen MR) is 157 cm³/mol. The molecule has 0 fully saturated rings. The van der Waals surface area contributed by atoms with Crippen molar-refractivity contribution < 1.29 is 32.9 Å². The summed E-state index contributed by atoms with van der Waals surface area (Å²) in [5, 5.41) is 12.3. The molecule has 0 aromatic heterocycles. The minimum Gasteiger partial charge on any atom is -0.497 e. The van der Waals surface area contributed by atoms with Gasteiger partial charge in [0.1, 0.15) is 16.5 Å². The number of amides is 2. The van der Waals surface area contributed by atoms with E-state index in [-0.39, 0.29) is 34.4 Å². The Bertz CT molecular complexity index is 1340. The molecule has 0 saturated heterocycles. The SMILES string of the molecule is COC(=O)/N=C(SC)/C(=N/c1ccc(C#N)c(CNC(=O)OCC[Si](C)(C)C)c1)c1cc(OC)cc(OC)c1F. The highest BCUT2D eigenvalue weighted by molar-refractivity contribution is 8.15. The molecule has 2 rings (SSSR count). The number of benzene rings is 2. The van der Waals surface area contributed by atoms with Crippen molar-refractivity contribution in [2.24, 2.45) is 9.98 Å². The number of hydrogen-bond donors (Lipinski definition) is 1. The summed E-state index contributed by atoms with van der Waals surface area (Å²) in [7, 11) is 2.54. The van der Waals surface area contributed by atoms with Crippen LogP contribution in [0.1, 0.15) is 16.7 Å². The van der Waals surface area contributed by atoms with Crippen molar-refractivity contribution in [1.82, 2.24) is 5.32 Å². The molecule has 10 nitrogen and oxygen atoms in total. The van der Waals surface area contributed by atoms with E-state index >= 15 is 4.39 Å². The number of ether oxygens (including phenoxy) is 4. The Hall–Kier alpha value is -3.89. The molecule has 0 aliphatic heterocycles. The second kappa shape index (κ2) is 15.0. The third kappa shape index (κ3) is 9.39. The molecule has 0 aliphatic rings. The molecular formula is C27H33FN4O6SSi. The van der Waals surface area contributed by atoms with Crippen LogP contribution in [-0.4, -0.2) is 65.2 Å². The second-order valence-electron chi connectivity index (χ2n) is 9.50. The van der Waals surface area contributed by atoms with Crippen molar-refractivity contribution in [2.75, 3.05) is 34.2 Å². The van der Waals surface area contributed by atoms with Crippen LogP contribution >= 0.6 is 11.8 Å². The lowest BCUT2D eigenvalue weighted by Crippen LogP contribution is -2.27. The zero-order valence-corrected chi connectivity index (χ0v) is 25.4. The van der Waals surface area contributed by atoms with E-state index in [4.69, 9.17) is 14.2 Å². The number of nitrogens with zero attached hydrogens (tertiary/aromatic N) is 3. The van der Waals surface area contributed by atoms with Gasteiger partial charge in [0.15, 0.2) is 11.6 Å². The van der Waals surface area contributed by atoms with Crippen molar-refractivity contribution in [1.29, 1.82) is 5.26 Å². The first-order chi connectivity index (χ1) is 19.0. The van der Waals surface area contributed by atoms with E-state index in [1.807, 2.05) is 0 Å². The van der Waals surface area contributed by atoms with Gasteiger partial charge < -0.3 is 24.3 Å². The largest absolute Gasteiger partial charge is 0.497 e. The predicted octanol–water partition coefficient (Wildman–Crippen LogP) is 5.93. The highest BCUT2D eigenvalue weighted by Gasteiger charge is 2.22. The topological polar surface area (TPSA) is 132 Å². The molecule has 1 N–H and O–H groups in total. The number of nitriles is 1. The lowest BCUT2D eigenvalue weighted by Gasteiger charge is -2.15. The van der Waals surface area contributed by atoms with Gasteiger partial charge in [0, 0.05) is 26.2 Å². The van der Waals surface area contributed by atoms with Crippen LogP contribution in [0.2, 0.25) is 25.7 Å². The standard InChI is InChI=1S/C27H33FN4O6SSi/c1-35-20-13-21(23(28)22(14-20)36-2)24(25(39-4)32-27(34)37-3)31-19-9-8-17(15-29)18(12-19)16-30-26(33)38-10-11-40(5,6)7/h8-9,12-14H,10-11,16H2,1-7H3,(H,30,33)/b31-24+,32-25-. The van der Waals surface area contributed by atoms with Crippen LogP contribution in [0.4, 0.5) is 19.7 Å². The number of nitrogens with one attached hydrogen (secondary N) is 1. The van der Waals surface area contributed by atoms with Crippen LogP contribution in [0.15, 0.2) is 40.3 Å². The first-order valence-corrected chi connectivity index (χ1v) is 17.0. The van der Waals surface area contributed by atoms with Gasteiger partial charge in [-0.1, -0.05) is 19.6 Å². The van der Waals surface area contributed by atoms with Gasteiger partial charge in [0.25, 0.3) is 0 Å². The molecule has 40 heavy (non-hydrogen) atoms. The summed E-state index contributed by atoms with van der Waals surface area (Å²) in [6.07, 6.45) is 0.149. The summed E-state index contributed by atoms with van der Waals surface area (Å²) >= 11 is 1.05. The summed E-state index contributed by atoms with van der Waals surface area (Å²) in [6.45, 7) is 6.85. The van der Waals surface area contributed by atoms with Crippen LogP contribution in [0.3, 0.4) is 0 Å². The fraction of sp³-hybridized carbons (Fsp3) is 0.370. The number of methoxy groups -OCH3 is 3. The maximum Gasteiger partial charge on any atom is 0.434 e. The molecule has 0 bridgehead atoms. The number of carbonyl (C=O) groups excluding carboxylic acids is 2. The number of hydrogen-bond acceptors (Lipinski definition) is 9. The van der Waals surface area contributed by atoms with Crippen LogP contribution < -0.4 is 14.8 Å². The molecular weight excluding hydrogens is 555 g/mol. The number of aliphatic imine (C=N–C) groups is 2. The summed E-state index contributed by atoms with van der Waals surface area (Å²) in [4.78, 5) is 32.7. The second-order valence-corrected chi connectivity index (χ2v) is 15.9. The van der Waals surface area contributed by atoms with Crippen molar-refractivity contribution in [3.8, 4) is 17.6 Å². The third-order valence-electron chi connectivity index (χ3n) is 5.45. The van der Waals surface area contributed by atoms with Crippen LogP contribution in [-0.2, 0) is 16.0 Å². The molecule has 0 aliphatic carbocycles. The minimum atomic E-state index is -1.36. The van der Waals surface area contributed by atoms with E-state index in [1.165, 1.54) is 39.5 Å². The Morgan fingerprint density at radius 1 is 1.12 bits per heavy atom. The molecule has 2 amide bonds. The highest BCUT2D eigenvalue weighted by atomic mass is 32.2. The van der Waals surface area contributed by atoms with Crippen molar-refractivity contribution in [2.45, 2.75) is 32.2 Å². The Balaban J connectivity index is 2.56. The molecule has 0 heterocycles. The number of carbonyl (C=O) groups is 2. The fourth-order valence-corrected chi connectivity index (χ4v) is 4.49. The molecule has 0 atom stereocenters. The number of rotatable bonds is 10. The van der Waals surface area contributed by atoms with Gasteiger partial charge >= 0.3 is 12.2 Å². The van der Waals surface area contributed by atoms with Gasteiger partial charge in [-0.2, -0.15) is 10.3 Å². The highest BCUT2D eigenvalue weighted by Crippen LogP contribution is 2.30. The summed E-state index contributed by atoms with van der Waals surface area (Å²) < 4.78 is 35.9. The van der Waals surface area contributed by atoms with Crippen molar-refractivity contribution in [3.63, 3.8) is 0 Å². The molecule has 214 valence electrons. The number of thioether (sulfide) groups is 1. The average Bonchev–Trinajstić information content (AvgIpc) is 2.93. The zero-order chi connectivity index (χ0) is 29.9. The number of halogens is 1. The Morgan fingerprint density at radius 3 is 2.42 bits per heavy atom. The van der Waals surface area contributed by atoms with E-state index in [0.29, 0.717) is 23.4 Å². The fourth-order valence-electron chi connectivity index (χ4n) is 3.26. The first-order valence-electron chi connectivity index (χ1n) is 12.1. The van der Waals surface area contributed by atoms with Crippen LogP contribution in [0.25, 0.3) is 0 Å². The third-order valence-corrected chi connectivity index (χ3v) is 7.82. The Kier molecular flexibility index (Phi) is 12.2. The van der Waals surface area contributed by atoms with E-state index in [1.54, 1.807) is 18.4 Å². The average molecular weight is 589 g/mol. The summed E-state index contributed by atoms with van der Waals surface area (Å²) in [5.41, 5.74) is 1.05. The van der Waals surface area contributed by atoms with Crippen molar-refractivity contribution >= 4 is 48.5 Å². The lowest BCUT2D eigenvalue weighted by molar-refractivity contribution is 0.151. The molecule has 0 spiro atoms. The van der Waals surface area contributed by atoms with Gasteiger partial charge in [-0.05, 0) is 42.1 Å². The van der Waals surface area contributed by atoms with E-state index in [9.17, 15) is 14.9 Å². The molecule has 2 aromatic carbocycles. The summed E-state index contributed by atoms with van der Waals surface area (Å²) in [5.74, 6) is -0.556. The maximum atomic E-state index is 15.5. The zero-order valence-electron chi connectivity index (χ0n) is 23.6. The van der Waals surface area contributed by atoms with E-state index in [0.717, 1.165) is 17.8 Å². The molecule has 0 saturated carbocycles. The van der Waals surface area contributed by atoms with Gasteiger partial charge in [-0.3, -0.25) is 0 Å². The summed E-state index contributed by atoms with van der Waals surface area (Å²) in [6, 6.07) is 10.4. The van der Waals surface area contributed by atoms with Gasteiger partial charge in [0.2, 0.25) is 0 Å². The van der Waals surface area contributed by atoms with Crippen LogP contribution in [0, 0.1) is 17.1 Å². The number of alkyl carbamates (subject to hydrolysis) is 1. The molecule has 0 radical (unpaired) electrons. The maximum absolute atomic E-state index is 15.5. The van der Waals surface area contributed by atoms with Gasteiger partial charge in [-0.25, -0.2) is 19.0 Å². The first kappa shape index (κ1) is 32.3. The lowest BCUT2D eigenvalue weighted by atomic mass is 10.1. The van der Waals surface area contributed by atoms with Gasteiger partial charge in [0.05, 0.1) is 45.3 Å². The Morgan fingerprint density at radius 2 is 1.85 bits per heavy atom. The van der Waals surface area contributed by atoms with Crippen molar-refractivity contribution in [3.05, 3.63) is 52.8 Å². The van der Waals surface area contributed by atoms with E-state index in [2.05, 4.69) is 45.7 Å². The van der Waals surface area contributed by atoms with Crippen LogP contribution in [0.5, 0.6) is 11.5 Å². The molecule has 13 heteroatoms.